The second-order valence-electron chi connectivity index (χ2n) is 2.96. The molecule has 0 saturated heterocycles. The summed E-state index contributed by atoms with van der Waals surface area (Å²) in [5.74, 6) is 1.31. The molecule has 11 heavy (non-hydrogen) atoms. The Labute approximate surface area is 94.9 Å². The minimum Gasteiger partial charge on any atom is -0.0928 e. The van der Waals surface area contributed by atoms with Gasteiger partial charge in [0.1, 0.15) is 0 Å². The molecule has 0 fully saturated rings. The highest BCUT2D eigenvalue weighted by atomic mass is 79.9. The third-order valence-electron chi connectivity index (χ3n) is 1.65. The van der Waals surface area contributed by atoms with E-state index in [1.165, 1.54) is 6.42 Å². The molecule has 0 aromatic rings. The van der Waals surface area contributed by atoms with Crippen molar-refractivity contribution < 1.29 is 0 Å². The fourth-order valence-electron chi connectivity index (χ4n) is 0.912. The van der Waals surface area contributed by atoms with Crippen molar-refractivity contribution in [2.75, 3.05) is 5.33 Å². The average Bonchev–Trinajstić information content (AvgIpc) is 1.98. The van der Waals surface area contributed by atoms with Crippen molar-refractivity contribution in [3.05, 3.63) is 5.33 Å². The lowest BCUT2D eigenvalue weighted by Gasteiger charge is -2.22. The first-order chi connectivity index (χ1) is 5.13. The Morgan fingerprint density at radius 2 is 1.91 bits per heavy atom. The maximum absolute atomic E-state index is 3.69. The number of halogens is 3. The topological polar surface area (TPSA) is 0 Å². The first-order valence-electron chi connectivity index (χ1n) is 3.77. The number of alkyl halides is 2. The van der Waals surface area contributed by atoms with E-state index in [1.807, 2.05) is 0 Å². The lowest BCUT2D eigenvalue weighted by molar-refractivity contribution is 0.487. The Balaban J connectivity index is 3.81. The molecule has 0 aromatic carbocycles. The van der Waals surface area contributed by atoms with Gasteiger partial charge in [0.2, 0.25) is 0 Å². The van der Waals surface area contributed by atoms with Crippen LogP contribution < -0.4 is 0 Å². The number of hydrogen-bond donors (Lipinski definition) is 0. The molecule has 2 atom stereocenters. The Kier molecular flexibility index (Phi) is 7.81. The standard InChI is InChI=1S/C8H14Br3/c1-6(2)8(11)7(5-10)3-4-9/h5-8H,3-4H2,1-2H3. The molecule has 0 saturated carbocycles. The molecule has 0 spiro atoms. The van der Waals surface area contributed by atoms with Gasteiger partial charge in [0.15, 0.2) is 0 Å². The SMILES string of the molecule is CC(C)C(Br)C([CH]Br)CCBr. The highest BCUT2D eigenvalue weighted by molar-refractivity contribution is 9.11. The van der Waals surface area contributed by atoms with E-state index in [4.69, 9.17) is 0 Å². The molecule has 1 radical (unpaired) electrons. The number of rotatable bonds is 5. The normalized spacial score (nSPS) is 16.9. The van der Waals surface area contributed by atoms with E-state index in [1.54, 1.807) is 0 Å². The highest BCUT2D eigenvalue weighted by Crippen LogP contribution is 2.28. The van der Waals surface area contributed by atoms with E-state index < -0.39 is 0 Å². The summed E-state index contributed by atoms with van der Waals surface area (Å²) in [6.45, 7) is 4.47. The molecule has 0 aromatic heterocycles. The summed E-state index contributed by atoms with van der Waals surface area (Å²) in [5, 5.41) is 3.17. The maximum Gasteiger partial charge on any atom is 0.0313 e. The van der Waals surface area contributed by atoms with E-state index in [2.05, 4.69) is 67.0 Å². The lowest BCUT2D eigenvalue weighted by atomic mass is 9.97. The Morgan fingerprint density at radius 1 is 1.36 bits per heavy atom. The van der Waals surface area contributed by atoms with Gasteiger partial charge in [-0.1, -0.05) is 61.6 Å². The van der Waals surface area contributed by atoms with Crippen LogP contribution in [-0.4, -0.2) is 10.2 Å². The van der Waals surface area contributed by atoms with Crippen LogP contribution in [0.25, 0.3) is 0 Å². The molecule has 2 unspecified atom stereocenters. The van der Waals surface area contributed by atoms with Crippen LogP contribution in [-0.2, 0) is 0 Å². The summed E-state index contributed by atoms with van der Waals surface area (Å²) < 4.78 is 0. The quantitative estimate of drug-likeness (QED) is 0.647. The first-order valence-corrected chi connectivity index (χ1v) is 6.72. The maximum atomic E-state index is 3.69. The van der Waals surface area contributed by atoms with E-state index in [-0.39, 0.29) is 0 Å². The summed E-state index contributed by atoms with van der Waals surface area (Å²) in [6.07, 6.45) is 1.18. The molecule has 0 N–H and O–H groups in total. The fourth-order valence-corrected chi connectivity index (χ4v) is 2.86. The molecule has 0 aliphatic heterocycles. The minimum absolute atomic E-state index is 0.583. The van der Waals surface area contributed by atoms with Crippen LogP contribution in [0.15, 0.2) is 0 Å². The van der Waals surface area contributed by atoms with Gasteiger partial charge >= 0.3 is 0 Å². The van der Waals surface area contributed by atoms with E-state index >= 15 is 0 Å². The van der Waals surface area contributed by atoms with Crippen molar-refractivity contribution in [2.45, 2.75) is 25.1 Å². The lowest BCUT2D eigenvalue weighted by Crippen LogP contribution is -2.19. The molecule has 0 rings (SSSR count). The molecule has 67 valence electrons. The van der Waals surface area contributed by atoms with Crippen LogP contribution in [0.2, 0.25) is 0 Å². The van der Waals surface area contributed by atoms with Gasteiger partial charge in [-0.25, -0.2) is 0 Å². The molecule has 0 aliphatic carbocycles. The summed E-state index contributed by atoms with van der Waals surface area (Å²) in [5.41, 5.74) is 0. The van der Waals surface area contributed by atoms with E-state index in [0.717, 1.165) is 5.33 Å². The van der Waals surface area contributed by atoms with Gasteiger partial charge in [-0.15, -0.1) is 0 Å². The van der Waals surface area contributed by atoms with Crippen LogP contribution >= 0.6 is 47.8 Å². The van der Waals surface area contributed by atoms with Gasteiger partial charge in [-0.3, -0.25) is 0 Å². The van der Waals surface area contributed by atoms with Gasteiger partial charge in [-0.05, 0) is 18.3 Å². The Hall–Kier alpha value is 1.44. The fraction of sp³-hybridized carbons (Fsp3) is 0.875. The minimum atomic E-state index is 0.583. The van der Waals surface area contributed by atoms with Gasteiger partial charge in [0.05, 0.1) is 0 Å². The van der Waals surface area contributed by atoms with Crippen molar-refractivity contribution in [3.8, 4) is 0 Å². The second-order valence-corrected chi connectivity index (χ2v) is 5.33. The largest absolute Gasteiger partial charge is 0.0928 e. The zero-order valence-corrected chi connectivity index (χ0v) is 11.6. The van der Waals surface area contributed by atoms with Crippen molar-refractivity contribution in [1.29, 1.82) is 0 Å². The van der Waals surface area contributed by atoms with Crippen molar-refractivity contribution in [3.63, 3.8) is 0 Å². The molecule has 0 aliphatic rings. The van der Waals surface area contributed by atoms with Gasteiger partial charge in [0, 0.05) is 15.5 Å². The molecule has 0 amide bonds. The molecular formula is C8H14Br3. The summed E-state index contributed by atoms with van der Waals surface area (Å²) in [4.78, 5) is 0.583. The molecule has 0 bridgehead atoms. The average molecular weight is 350 g/mol. The van der Waals surface area contributed by atoms with Crippen LogP contribution in [0.5, 0.6) is 0 Å². The van der Waals surface area contributed by atoms with Crippen LogP contribution in [0, 0.1) is 17.2 Å². The third kappa shape index (κ3) is 4.89. The van der Waals surface area contributed by atoms with Crippen LogP contribution in [0.1, 0.15) is 20.3 Å². The number of hydrogen-bond acceptors (Lipinski definition) is 0. The predicted molar refractivity (Wildman–Crippen MR) is 62.7 cm³/mol. The van der Waals surface area contributed by atoms with E-state index in [0.29, 0.717) is 16.7 Å². The van der Waals surface area contributed by atoms with Crippen molar-refractivity contribution in [2.24, 2.45) is 11.8 Å². The summed E-state index contributed by atoms with van der Waals surface area (Å²) in [7, 11) is 0. The predicted octanol–water partition coefficient (Wildman–Crippen LogP) is 4.36. The van der Waals surface area contributed by atoms with Crippen LogP contribution in [0.3, 0.4) is 0 Å². The summed E-state index contributed by atoms with van der Waals surface area (Å²) in [6, 6.07) is 0. The van der Waals surface area contributed by atoms with Crippen molar-refractivity contribution >= 4 is 47.8 Å². The first kappa shape index (κ1) is 12.4. The second kappa shape index (κ2) is 6.90. The zero-order valence-electron chi connectivity index (χ0n) is 6.86. The molecule has 0 nitrogen and oxygen atoms in total. The third-order valence-corrected chi connectivity index (χ3v) is 4.52. The molecular weight excluding hydrogens is 336 g/mol. The smallest absolute Gasteiger partial charge is 0.0313 e. The van der Waals surface area contributed by atoms with Gasteiger partial charge in [0.25, 0.3) is 0 Å². The Morgan fingerprint density at radius 3 is 2.18 bits per heavy atom. The van der Waals surface area contributed by atoms with E-state index in [9.17, 15) is 0 Å². The summed E-state index contributed by atoms with van der Waals surface area (Å²) >= 11 is 10.5. The van der Waals surface area contributed by atoms with Crippen molar-refractivity contribution in [1.82, 2.24) is 0 Å². The Bertz CT molecular complexity index is 93.3. The van der Waals surface area contributed by atoms with Gasteiger partial charge < -0.3 is 0 Å². The molecule has 3 heteroatoms. The van der Waals surface area contributed by atoms with Gasteiger partial charge in [-0.2, -0.15) is 0 Å². The van der Waals surface area contributed by atoms with Crippen LogP contribution in [0.4, 0.5) is 0 Å². The zero-order chi connectivity index (χ0) is 8.85. The monoisotopic (exact) mass is 347 g/mol. The molecule has 0 heterocycles. The highest BCUT2D eigenvalue weighted by Gasteiger charge is 2.20.